The van der Waals surface area contributed by atoms with E-state index in [1.807, 2.05) is 42.5 Å². The molecule has 0 spiro atoms. The van der Waals surface area contributed by atoms with E-state index in [2.05, 4.69) is 5.16 Å². The van der Waals surface area contributed by atoms with E-state index >= 15 is 0 Å². The van der Waals surface area contributed by atoms with Crippen molar-refractivity contribution in [3.63, 3.8) is 0 Å². The van der Waals surface area contributed by atoms with Crippen molar-refractivity contribution in [1.82, 2.24) is 0 Å². The summed E-state index contributed by atoms with van der Waals surface area (Å²) in [5.74, 6) is 0.312. The Morgan fingerprint density at radius 3 is 2.59 bits per heavy atom. The molecular formula is C16H14ClNO3S. The molecule has 0 aromatic heterocycles. The van der Waals surface area contributed by atoms with Gasteiger partial charge in [0.05, 0.1) is 6.61 Å². The van der Waals surface area contributed by atoms with Gasteiger partial charge >= 0.3 is 0 Å². The molecular weight excluding hydrogens is 322 g/mol. The number of hydrogen-bond donors (Lipinski definition) is 0. The molecule has 4 nitrogen and oxygen atoms in total. The molecule has 1 atom stereocenters. The van der Waals surface area contributed by atoms with Gasteiger partial charge in [0.2, 0.25) is 11.1 Å². The van der Waals surface area contributed by atoms with E-state index in [1.165, 1.54) is 0 Å². The molecule has 22 heavy (non-hydrogen) atoms. The Kier molecular flexibility index (Phi) is 4.57. The molecule has 6 heteroatoms. The molecule has 0 saturated carbocycles. The topological polar surface area (TPSA) is 47.9 Å². The summed E-state index contributed by atoms with van der Waals surface area (Å²) in [6.45, 7) is 0.475. The quantitative estimate of drug-likeness (QED) is 0.858. The monoisotopic (exact) mass is 335 g/mol. The van der Waals surface area contributed by atoms with Crippen molar-refractivity contribution in [2.75, 3.05) is 12.9 Å². The van der Waals surface area contributed by atoms with Crippen LogP contribution in [-0.2, 0) is 26.7 Å². The van der Waals surface area contributed by atoms with Crippen LogP contribution in [-0.4, -0.2) is 22.8 Å². The van der Waals surface area contributed by atoms with Crippen LogP contribution in [0.5, 0.6) is 0 Å². The van der Waals surface area contributed by atoms with Gasteiger partial charge in [-0.2, -0.15) is 0 Å². The third-order valence-corrected chi connectivity index (χ3v) is 4.38. The molecule has 0 radical (unpaired) electrons. The molecule has 114 valence electrons. The summed E-state index contributed by atoms with van der Waals surface area (Å²) in [5.41, 5.74) is 4.76. The lowest BCUT2D eigenvalue weighted by atomic mass is 9.96. The van der Waals surface area contributed by atoms with Gasteiger partial charge in [0.1, 0.15) is 11.5 Å². The SMILES string of the molecule is COCc1cc(C2=NOS(=O)C2)ccc1-c1ccc(Cl)cc1. The highest BCUT2D eigenvalue weighted by Crippen LogP contribution is 2.27. The first kappa shape index (κ1) is 15.2. The third-order valence-electron chi connectivity index (χ3n) is 3.38. The molecule has 0 N–H and O–H groups in total. The molecule has 0 saturated heterocycles. The Balaban J connectivity index is 2.00. The Bertz CT molecular complexity index is 744. The van der Waals surface area contributed by atoms with Crippen molar-refractivity contribution < 1.29 is 13.2 Å². The average Bonchev–Trinajstić information content (AvgIpc) is 2.95. The van der Waals surface area contributed by atoms with E-state index in [-0.39, 0.29) is 0 Å². The first-order valence-corrected chi connectivity index (χ1v) is 8.30. The summed E-state index contributed by atoms with van der Waals surface area (Å²) >= 11 is 4.58. The molecule has 0 bridgehead atoms. The molecule has 0 amide bonds. The van der Waals surface area contributed by atoms with Gasteiger partial charge in [-0.15, -0.1) is 0 Å². The maximum Gasteiger partial charge on any atom is 0.238 e. The lowest BCUT2D eigenvalue weighted by Gasteiger charge is -2.11. The molecule has 1 aliphatic heterocycles. The van der Waals surface area contributed by atoms with Crippen LogP contribution >= 0.6 is 11.6 Å². The highest BCUT2D eigenvalue weighted by atomic mass is 35.5. The van der Waals surface area contributed by atoms with Crippen molar-refractivity contribution in [2.24, 2.45) is 5.16 Å². The number of oxime groups is 1. The second-order valence-electron chi connectivity index (χ2n) is 4.87. The molecule has 2 aromatic rings. The number of hydrogen-bond acceptors (Lipinski definition) is 4. The Labute approximate surface area is 136 Å². The number of rotatable bonds is 4. The van der Waals surface area contributed by atoms with Crippen LogP contribution in [0.15, 0.2) is 47.6 Å². The molecule has 1 heterocycles. The second-order valence-corrected chi connectivity index (χ2v) is 6.35. The molecule has 1 unspecified atom stereocenters. The Hall–Kier alpha value is -1.69. The van der Waals surface area contributed by atoms with E-state index < -0.39 is 11.1 Å². The summed E-state index contributed by atoms with van der Waals surface area (Å²) in [4.78, 5) is 0. The van der Waals surface area contributed by atoms with Crippen LogP contribution in [0.25, 0.3) is 11.1 Å². The van der Waals surface area contributed by atoms with Gasteiger partial charge in [0, 0.05) is 17.7 Å². The zero-order valence-electron chi connectivity index (χ0n) is 11.9. The first-order chi connectivity index (χ1) is 10.7. The van der Waals surface area contributed by atoms with Gasteiger partial charge in [-0.3, -0.25) is 4.28 Å². The fourth-order valence-corrected chi connectivity index (χ4v) is 3.14. The van der Waals surface area contributed by atoms with Crippen molar-refractivity contribution in [3.05, 3.63) is 58.6 Å². The van der Waals surface area contributed by atoms with E-state index in [1.54, 1.807) is 7.11 Å². The maximum absolute atomic E-state index is 11.3. The highest BCUT2D eigenvalue weighted by Gasteiger charge is 2.19. The number of nitrogens with zero attached hydrogens (tertiary/aromatic N) is 1. The normalized spacial score (nSPS) is 17.2. The van der Waals surface area contributed by atoms with Gasteiger partial charge in [-0.25, -0.2) is 4.21 Å². The largest absolute Gasteiger partial charge is 0.380 e. The second kappa shape index (κ2) is 6.60. The summed E-state index contributed by atoms with van der Waals surface area (Å²) < 4.78 is 21.4. The fourth-order valence-electron chi connectivity index (χ4n) is 2.35. The third kappa shape index (κ3) is 3.21. The van der Waals surface area contributed by atoms with Crippen LogP contribution in [0.1, 0.15) is 11.1 Å². The molecule has 0 fully saturated rings. The zero-order valence-corrected chi connectivity index (χ0v) is 13.5. The van der Waals surface area contributed by atoms with Crippen LogP contribution in [0.4, 0.5) is 0 Å². The standard InChI is InChI=1S/C16H14ClNO3S/c1-20-9-13-8-12(16-10-22(19)21-18-16)4-7-15(13)11-2-5-14(17)6-3-11/h2-8H,9-10H2,1H3. The summed E-state index contributed by atoms with van der Waals surface area (Å²) in [6.07, 6.45) is 0. The lowest BCUT2D eigenvalue weighted by Crippen LogP contribution is -2.06. The van der Waals surface area contributed by atoms with Crippen LogP contribution in [0.2, 0.25) is 5.02 Å². The van der Waals surface area contributed by atoms with Gasteiger partial charge in [-0.1, -0.05) is 41.0 Å². The van der Waals surface area contributed by atoms with Gasteiger partial charge in [-0.05, 0) is 34.9 Å². The van der Waals surface area contributed by atoms with Gasteiger partial charge < -0.3 is 4.74 Å². The molecule has 3 rings (SSSR count). The predicted molar refractivity (Wildman–Crippen MR) is 88.2 cm³/mol. The summed E-state index contributed by atoms with van der Waals surface area (Å²) in [6, 6.07) is 13.6. The number of ether oxygens (including phenoxy) is 1. The van der Waals surface area contributed by atoms with E-state index in [0.717, 1.165) is 22.3 Å². The van der Waals surface area contributed by atoms with Crippen molar-refractivity contribution in [1.29, 1.82) is 0 Å². The van der Waals surface area contributed by atoms with Gasteiger partial charge in [0.15, 0.2) is 0 Å². The lowest BCUT2D eigenvalue weighted by molar-refractivity contribution is 0.185. The number of halogens is 1. The smallest absolute Gasteiger partial charge is 0.238 e. The Morgan fingerprint density at radius 2 is 1.95 bits per heavy atom. The molecule has 1 aliphatic rings. The van der Waals surface area contributed by atoms with E-state index in [0.29, 0.717) is 23.1 Å². The Morgan fingerprint density at radius 1 is 1.23 bits per heavy atom. The minimum Gasteiger partial charge on any atom is -0.380 e. The van der Waals surface area contributed by atoms with Crippen molar-refractivity contribution in [3.8, 4) is 11.1 Å². The number of benzene rings is 2. The van der Waals surface area contributed by atoms with E-state index in [4.69, 9.17) is 20.6 Å². The zero-order chi connectivity index (χ0) is 15.5. The minimum absolute atomic E-state index is 0.312. The summed E-state index contributed by atoms with van der Waals surface area (Å²) in [5, 5.41) is 4.56. The van der Waals surface area contributed by atoms with Crippen LogP contribution < -0.4 is 0 Å². The predicted octanol–water partition coefficient (Wildman–Crippen LogP) is 3.55. The molecule has 2 aromatic carbocycles. The van der Waals surface area contributed by atoms with Crippen LogP contribution in [0.3, 0.4) is 0 Å². The van der Waals surface area contributed by atoms with E-state index in [9.17, 15) is 4.21 Å². The fraction of sp³-hybridized carbons (Fsp3) is 0.188. The maximum atomic E-state index is 11.3. The van der Waals surface area contributed by atoms with Gasteiger partial charge in [0.25, 0.3) is 0 Å². The first-order valence-electron chi connectivity index (χ1n) is 6.68. The van der Waals surface area contributed by atoms with Crippen molar-refractivity contribution in [2.45, 2.75) is 6.61 Å². The summed E-state index contributed by atoms with van der Waals surface area (Å²) in [7, 11) is 1.66. The molecule has 0 aliphatic carbocycles. The average molecular weight is 336 g/mol. The minimum atomic E-state index is -1.36. The van der Waals surface area contributed by atoms with Crippen LogP contribution in [0, 0.1) is 0 Å². The van der Waals surface area contributed by atoms with Crippen molar-refractivity contribution >= 4 is 28.4 Å². The highest BCUT2D eigenvalue weighted by molar-refractivity contribution is 7.81. The number of methoxy groups -OCH3 is 1.